The number of rotatable bonds is 4. The SMILES string of the molecule is NS(=O)(=O)c1ncc(C(=O)N2CCC3(CC2)COc2ccccc23)c(Nc2cccc(Cl)c2)c1Cl. The van der Waals surface area contributed by atoms with Gasteiger partial charge < -0.3 is 15.0 Å². The highest BCUT2D eigenvalue weighted by atomic mass is 35.5. The fraction of sp³-hybridized carbons (Fsp3) is 0.250. The highest BCUT2D eigenvalue weighted by molar-refractivity contribution is 7.89. The van der Waals surface area contributed by atoms with Crippen LogP contribution in [0.2, 0.25) is 10.0 Å². The molecule has 0 saturated carbocycles. The first kappa shape index (κ1) is 23.9. The Bertz CT molecular complexity index is 1420. The van der Waals surface area contributed by atoms with Crippen molar-refractivity contribution in [1.82, 2.24) is 9.88 Å². The van der Waals surface area contributed by atoms with Crippen LogP contribution in [0.1, 0.15) is 28.8 Å². The van der Waals surface area contributed by atoms with Crippen molar-refractivity contribution in [3.63, 3.8) is 0 Å². The summed E-state index contributed by atoms with van der Waals surface area (Å²) in [6.45, 7) is 1.59. The Hall–Kier alpha value is -2.85. The molecule has 1 aromatic heterocycles. The van der Waals surface area contributed by atoms with Gasteiger partial charge in [0.05, 0.1) is 17.9 Å². The van der Waals surface area contributed by atoms with Crippen LogP contribution in [0.4, 0.5) is 11.4 Å². The van der Waals surface area contributed by atoms with Crippen LogP contribution in [-0.4, -0.2) is 43.9 Å². The lowest BCUT2D eigenvalue weighted by Gasteiger charge is -2.38. The zero-order valence-electron chi connectivity index (χ0n) is 18.5. The molecule has 1 fully saturated rings. The number of likely N-dealkylation sites (tertiary alicyclic amines) is 1. The average Bonchev–Trinajstić information content (AvgIpc) is 3.18. The molecule has 1 amide bonds. The number of carbonyl (C=O) groups is 1. The van der Waals surface area contributed by atoms with Gasteiger partial charge in [-0.15, -0.1) is 0 Å². The fourth-order valence-corrected chi connectivity index (χ4v) is 5.97. The number of ether oxygens (including phenoxy) is 1. The van der Waals surface area contributed by atoms with E-state index in [-0.39, 0.29) is 27.6 Å². The van der Waals surface area contributed by atoms with Gasteiger partial charge in [0.2, 0.25) is 0 Å². The number of halogens is 2. The lowest BCUT2D eigenvalue weighted by Crippen LogP contribution is -2.46. The molecule has 0 bridgehead atoms. The highest BCUT2D eigenvalue weighted by Gasteiger charge is 2.44. The molecule has 0 aliphatic carbocycles. The summed E-state index contributed by atoms with van der Waals surface area (Å²) in [6.07, 6.45) is 2.67. The standard InChI is InChI=1S/C24H22Cl2N4O4S/c25-15-4-3-5-16(12-15)29-21-17(13-28-22(20(21)26)35(27,32)33)23(31)30-10-8-24(9-11-30)14-34-19-7-2-1-6-18(19)24/h1-7,12-13H,8-11,14H2,(H,28,29)(H2,27,32,33). The first-order valence-corrected chi connectivity index (χ1v) is 13.2. The molecular weight excluding hydrogens is 511 g/mol. The van der Waals surface area contributed by atoms with Gasteiger partial charge in [-0.1, -0.05) is 47.5 Å². The number of nitrogens with zero attached hydrogens (tertiary/aromatic N) is 2. The van der Waals surface area contributed by atoms with Gasteiger partial charge in [-0.05, 0) is 37.1 Å². The summed E-state index contributed by atoms with van der Waals surface area (Å²) in [5, 5.41) is 8.00. The van der Waals surface area contributed by atoms with E-state index < -0.39 is 15.0 Å². The molecule has 3 heterocycles. The normalized spacial score (nSPS) is 16.6. The molecule has 5 rings (SSSR count). The largest absolute Gasteiger partial charge is 0.492 e. The topological polar surface area (TPSA) is 115 Å². The van der Waals surface area contributed by atoms with E-state index in [0.29, 0.717) is 30.4 Å². The molecule has 3 aromatic rings. The molecule has 0 radical (unpaired) electrons. The molecule has 0 unspecified atom stereocenters. The molecule has 1 saturated heterocycles. The minimum Gasteiger partial charge on any atom is -0.492 e. The number of hydrogen-bond acceptors (Lipinski definition) is 6. The molecule has 35 heavy (non-hydrogen) atoms. The minimum atomic E-state index is -4.22. The summed E-state index contributed by atoms with van der Waals surface area (Å²) in [6, 6.07) is 14.8. The molecule has 8 nitrogen and oxygen atoms in total. The number of benzene rings is 2. The lowest BCUT2D eigenvalue weighted by molar-refractivity contribution is 0.0647. The van der Waals surface area contributed by atoms with E-state index in [4.69, 9.17) is 33.1 Å². The van der Waals surface area contributed by atoms with Crippen molar-refractivity contribution in [1.29, 1.82) is 0 Å². The van der Waals surface area contributed by atoms with Crippen LogP contribution < -0.4 is 15.2 Å². The van der Waals surface area contributed by atoms with E-state index >= 15 is 0 Å². The summed E-state index contributed by atoms with van der Waals surface area (Å²) in [5.41, 5.74) is 1.83. The number of nitrogens with one attached hydrogen (secondary N) is 1. The summed E-state index contributed by atoms with van der Waals surface area (Å²) in [5.74, 6) is 0.585. The summed E-state index contributed by atoms with van der Waals surface area (Å²) in [7, 11) is -4.22. The maximum absolute atomic E-state index is 13.6. The number of fused-ring (bicyclic) bond motifs is 2. The number of sulfonamides is 1. The van der Waals surface area contributed by atoms with Crippen LogP contribution >= 0.6 is 23.2 Å². The van der Waals surface area contributed by atoms with E-state index in [0.717, 1.165) is 18.6 Å². The van der Waals surface area contributed by atoms with Crippen molar-refractivity contribution in [2.24, 2.45) is 5.14 Å². The van der Waals surface area contributed by atoms with E-state index in [1.807, 2.05) is 18.2 Å². The number of carbonyl (C=O) groups excluding carboxylic acids is 1. The van der Waals surface area contributed by atoms with E-state index in [1.54, 1.807) is 29.2 Å². The monoisotopic (exact) mass is 532 g/mol. The summed E-state index contributed by atoms with van der Waals surface area (Å²) < 4.78 is 29.9. The van der Waals surface area contributed by atoms with Gasteiger partial charge in [-0.2, -0.15) is 0 Å². The smallest absolute Gasteiger partial charge is 0.257 e. The Balaban J connectivity index is 1.45. The van der Waals surface area contributed by atoms with Crippen molar-refractivity contribution in [2.45, 2.75) is 23.3 Å². The van der Waals surface area contributed by atoms with E-state index in [9.17, 15) is 13.2 Å². The molecule has 182 valence electrons. The maximum atomic E-state index is 13.6. The number of nitrogens with two attached hydrogens (primary N) is 1. The molecule has 2 aliphatic rings. The first-order chi connectivity index (χ1) is 16.7. The zero-order chi connectivity index (χ0) is 24.8. The van der Waals surface area contributed by atoms with Crippen LogP contribution in [0, 0.1) is 0 Å². The van der Waals surface area contributed by atoms with Crippen molar-refractivity contribution >= 4 is 50.5 Å². The molecule has 0 atom stereocenters. The first-order valence-electron chi connectivity index (χ1n) is 10.9. The number of aromatic nitrogens is 1. The van der Waals surface area contributed by atoms with E-state index in [1.165, 1.54) is 11.8 Å². The van der Waals surface area contributed by atoms with Crippen LogP contribution in [0.3, 0.4) is 0 Å². The second-order valence-corrected chi connectivity index (χ2v) is 11.0. The number of pyridine rings is 1. The quantitative estimate of drug-likeness (QED) is 0.516. The molecule has 2 aromatic carbocycles. The predicted octanol–water partition coefficient (Wildman–Crippen LogP) is 4.35. The van der Waals surface area contributed by atoms with Crippen LogP contribution in [0.5, 0.6) is 5.75 Å². The Morgan fingerprint density at radius 1 is 1.11 bits per heavy atom. The lowest BCUT2D eigenvalue weighted by atomic mass is 9.74. The van der Waals surface area contributed by atoms with Gasteiger partial charge in [0, 0.05) is 41.0 Å². The Morgan fingerprint density at radius 3 is 2.57 bits per heavy atom. The highest BCUT2D eigenvalue weighted by Crippen LogP contribution is 2.45. The fourth-order valence-electron chi connectivity index (χ4n) is 4.71. The molecule has 1 spiro atoms. The number of primary sulfonamides is 1. The third-order valence-electron chi connectivity index (χ3n) is 6.55. The second kappa shape index (κ2) is 8.98. The van der Waals surface area contributed by atoms with Gasteiger partial charge in [0.25, 0.3) is 15.9 Å². The van der Waals surface area contributed by atoms with Crippen LogP contribution in [-0.2, 0) is 15.4 Å². The number of piperidine rings is 1. The summed E-state index contributed by atoms with van der Waals surface area (Å²) >= 11 is 12.5. The molecule has 3 N–H and O–H groups in total. The van der Waals surface area contributed by atoms with Gasteiger partial charge in [0.1, 0.15) is 10.8 Å². The zero-order valence-corrected chi connectivity index (χ0v) is 20.8. The number of hydrogen-bond donors (Lipinski definition) is 2. The molecule has 2 aliphatic heterocycles. The van der Waals surface area contributed by atoms with Gasteiger partial charge in [-0.3, -0.25) is 4.79 Å². The number of anilines is 2. The predicted molar refractivity (Wildman–Crippen MR) is 134 cm³/mol. The van der Waals surface area contributed by atoms with E-state index in [2.05, 4.69) is 16.4 Å². The van der Waals surface area contributed by atoms with Crippen molar-refractivity contribution in [3.05, 3.63) is 75.9 Å². The Kier molecular flexibility index (Phi) is 6.13. The third-order valence-corrected chi connectivity index (χ3v) is 8.12. The van der Waals surface area contributed by atoms with Crippen molar-refractivity contribution < 1.29 is 17.9 Å². The van der Waals surface area contributed by atoms with Crippen LogP contribution in [0.25, 0.3) is 0 Å². The third kappa shape index (κ3) is 4.45. The van der Waals surface area contributed by atoms with Gasteiger partial charge >= 0.3 is 0 Å². The minimum absolute atomic E-state index is 0.104. The number of para-hydroxylation sites is 1. The Labute approximate surface area is 213 Å². The second-order valence-electron chi connectivity index (χ2n) is 8.70. The van der Waals surface area contributed by atoms with Crippen molar-refractivity contribution in [2.75, 3.05) is 25.0 Å². The number of amides is 1. The van der Waals surface area contributed by atoms with Crippen molar-refractivity contribution in [3.8, 4) is 5.75 Å². The van der Waals surface area contributed by atoms with Gasteiger partial charge in [0.15, 0.2) is 5.03 Å². The Morgan fingerprint density at radius 2 is 1.86 bits per heavy atom. The van der Waals surface area contributed by atoms with Gasteiger partial charge in [-0.25, -0.2) is 18.5 Å². The molecule has 11 heteroatoms. The molecular formula is C24H22Cl2N4O4S. The average molecular weight is 533 g/mol. The maximum Gasteiger partial charge on any atom is 0.257 e. The summed E-state index contributed by atoms with van der Waals surface area (Å²) in [4.78, 5) is 19.2. The van der Waals surface area contributed by atoms with Crippen LogP contribution in [0.15, 0.2) is 59.8 Å².